The predicted molar refractivity (Wildman–Crippen MR) is 77.1 cm³/mol. The first-order valence-corrected chi connectivity index (χ1v) is 6.46. The Morgan fingerprint density at radius 1 is 1.11 bits per heavy atom. The molecule has 0 amide bonds. The van der Waals surface area contributed by atoms with Crippen molar-refractivity contribution in [2.75, 3.05) is 0 Å². The molecule has 1 atom stereocenters. The van der Waals surface area contributed by atoms with E-state index in [1.165, 1.54) is 0 Å². The average molecular weight is 256 g/mol. The Bertz CT molecular complexity index is 535. The number of pyridine rings is 1. The molecule has 3 nitrogen and oxygen atoms in total. The molecule has 0 spiro atoms. The lowest BCUT2D eigenvalue weighted by Crippen LogP contribution is -2.34. The third-order valence-corrected chi connectivity index (χ3v) is 3.06. The molecule has 2 aromatic rings. The Labute approximate surface area is 114 Å². The predicted octanol–water partition coefficient (Wildman–Crippen LogP) is 3.09. The van der Waals surface area contributed by atoms with Crippen LogP contribution >= 0.6 is 0 Å². The van der Waals surface area contributed by atoms with E-state index in [1.54, 1.807) is 12.4 Å². The van der Waals surface area contributed by atoms with Crippen LogP contribution in [0.5, 0.6) is 5.75 Å². The van der Waals surface area contributed by atoms with Crippen molar-refractivity contribution < 1.29 is 4.74 Å². The van der Waals surface area contributed by atoms with Gasteiger partial charge in [0.05, 0.1) is 17.8 Å². The number of nitrogens with two attached hydrogens (primary N) is 1. The molecule has 0 saturated heterocycles. The molecule has 3 heteroatoms. The summed E-state index contributed by atoms with van der Waals surface area (Å²) in [5, 5.41) is 0. The van der Waals surface area contributed by atoms with Crippen LogP contribution in [0.2, 0.25) is 0 Å². The smallest absolute Gasteiger partial charge is 0.138 e. The lowest BCUT2D eigenvalue weighted by molar-refractivity contribution is 0.241. The number of benzene rings is 1. The van der Waals surface area contributed by atoms with Crippen molar-refractivity contribution in [1.29, 1.82) is 0 Å². The fourth-order valence-electron chi connectivity index (χ4n) is 1.99. The van der Waals surface area contributed by atoms with Crippen molar-refractivity contribution in [3.8, 4) is 5.75 Å². The Morgan fingerprint density at radius 3 is 2.42 bits per heavy atom. The molecule has 0 bridgehead atoms. The topological polar surface area (TPSA) is 48.1 Å². The van der Waals surface area contributed by atoms with Gasteiger partial charge >= 0.3 is 0 Å². The zero-order valence-corrected chi connectivity index (χ0v) is 11.6. The first-order chi connectivity index (χ1) is 9.00. The summed E-state index contributed by atoms with van der Waals surface area (Å²) in [6.45, 7) is 5.97. The highest BCUT2D eigenvalue weighted by Crippen LogP contribution is 2.28. The fraction of sp³-hybridized carbons (Fsp3) is 0.312. The zero-order chi connectivity index (χ0) is 13.9. The minimum atomic E-state index is -0.579. The third-order valence-electron chi connectivity index (χ3n) is 3.06. The second kappa shape index (κ2) is 5.41. The van der Waals surface area contributed by atoms with Crippen LogP contribution in [0.1, 0.15) is 31.9 Å². The molecular weight excluding hydrogens is 236 g/mol. The van der Waals surface area contributed by atoms with E-state index in [4.69, 9.17) is 10.5 Å². The molecule has 1 aromatic carbocycles. The first kappa shape index (κ1) is 13.6. The molecule has 0 aliphatic heterocycles. The molecule has 100 valence electrons. The molecule has 0 aliphatic rings. The van der Waals surface area contributed by atoms with E-state index in [2.05, 4.69) is 4.98 Å². The average Bonchev–Trinajstić information content (AvgIpc) is 2.39. The number of hydrogen-bond acceptors (Lipinski definition) is 3. The van der Waals surface area contributed by atoms with Gasteiger partial charge in [0.1, 0.15) is 5.75 Å². The summed E-state index contributed by atoms with van der Waals surface area (Å²) in [5.41, 5.74) is 7.88. The minimum absolute atomic E-state index is 0.123. The lowest BCUT2D eigenvalue weighted by atomic mass is 9.87. The van der Waals surface area contributed by atoms with Crippen molar-refractivity contribution in [1.82, 2.24) is 4.98 Å². The van der Waals surface area contributed by atoms with Crippen LogP contribution in [0.4, 0.5) is 0 Å². The van der Waals surface area contributed by atoms with Gasteiger partial charge in [0.15, 0.2) is 0 Å². The highest BCUT2D eigenvalue weighted by molar-refractivity contribution is 5.38. The van der Waals surface area contributed by atoms with E-state index >= 15 is 0 Å². The highest BCUT2D eigenvalue weighted by atomic mass is 16.5. The highest BCUT2D eigenvalue weighted by Gasteiger charge is 2.24. The van der Waals surface area contributed by atoms with Crippen LogP contribution in [0.3, 0.4) is 0 Å². The quantitative estimate of drug-likeness (QED) is 0.914. The summed E-state index contributed by atoms with van der Waals surface area (Å²) < 4.78 is 5.67. The van der Waals surface area contributed by atoms with E-state index in [0.29, 0.717) is 0 Å². The minimum Gasteiger partial charge on any atom is -0.489 e. The van der Waals surface area contributed by atoms with Crippen molar-refractivity contribution in [2.45, 2.75) is 32.4 Å². The van der Waals surface area contributed by atoms with Crippen molar-refractivity contribution in [2.24, 2.45) is 5.73 Å². The van der Waals surface area contributed by atoms with E-state index in [-0.39, 0.29) is 6.10 Å². The summed E-state index contributed by atoms with van der Waals surface area (Å²) in [6.07, 6.45) is 3.63. The third kappa shape index (κ3) is 3.12. The Morgan fingerprint density at radius 2 is 1.79 bits per heavy atom. The maximum absolute atomic E-state index is 6.46. The van der Waals surface area contributed by atoms with Crippen LogP contribution in [0, 0.1) is 0 Å². The van der Waals surface area contributed by atoms with E-state index in [1.807, 2.05) is 57.2 Å². The van der Waals surface area contributed by atoms with Gasteiger partial charge < -0.3 is 10.5 Å². The maximum atomic E-state index is 6.46. The second-order valence-corrected chi connectivity index (χ2v) is 5.14. The number of ether oxygens (including phenoxy) is 1. The molecule has 1 unspecified atom stereocenters. The van der Waals surface area contributed by atoms with Gasteiger partial charge in [0.2, 0.25) is 0 Å². The molecule has 0 aliphatic carbocycles. The van der Waals surface area contributed by atoms with Gasteiger partial charge in [-0.1, -0.05) is 30.3 Å². The van der Waals surface area contributed by atoms with E-state index < -0.39 is 5.54 Å². The van der Waals surface area contributed by atoms with Crippen LogP contribution < -0.4 is 10.5 Å². The molecule has 0 saturated carbocycles. The van der Waals surface area contributed by atoms with Crippen molar-refractivity contribution in [3.63, 3.8) is 0 Å². The van der Waals surface area contributed by atoms with Crippen molar-refractivity contribution in [3.05, 3.63) is 59.9 Å². The molecule has 0 fully saturated rings. The Kier molecular flexibility index (Phi) is 3.86. The van der Waals surface area contributed by atoms with Gasteiger partial charge in [-0.2, -0.15) is 0 Å². The van der Waals surface area contributed by atoms with E-state index in [0.717, 1.165) is 16.9 Å². The normalized spacial score (nSPS) is 14.2. The fourth-order valence-corrected chi connectivity index (χ4v) is 1.99. The standard InChI is InChI=1S/C16H20N2O/c1-12(2)19-15-9-14(10-18-11-15)16(3,17)13-7-5-4-6-8-13/h4-12H,17H2,1-3H3. The van der Waals surface area contributed by atoms with Gasteiger partial charge in [0, 0.05) is 6.20 Å². The maximum Gasteiger partial charge on any atom is 0.138 e. The summed E-state index contributed by atoms with van der Waals surface area (Å²) in [4.78, 5) is 4.22. The number of aromatic nitrogens is 1. The summed E-state index contributed by atoms with van der Waals surface area (Å²) in [5.74, 6) is 0.750. The van der Waals surface area contributed by atoms with E-state index in [9.17, 15) is 0 Å². The SMILES string of the molecule is CC(C)Oc1cncc(C(C)(N)c2ccccc2)c1. The first-order valence-electron chi connectivity index (χ1n) is 6.46. The molecule has 2 N–H and O–H groups in total. The van der Waals surface area contributed by atoms with Crippen LogP contribution in [0.25, 0.3) is 0 Å². The summed E-state index contributed by atoms with van der Waals surface area (Å²) in [7, 11) is 0. The van der Waals surface area contributed by atoms with Gasteiger partial charge in [-0.3, -0.25) is 4.98 Å². The van der Waals surface area contributed by atoms with Gasteiger partial charge in [0.25, 0.3) is 0 Å². The van der Waals surface area contributed by atoms with Crippen molar-refractivity contribution >= 4 is 0 Å². The molecule has 2 rings (SSSR count). The largest absolute Gasteiger partial charge is 0.489 e. The van der Waals surface area contributed by atoms with Gasteiger partial charge in [-0.15, -0.1) is 0 Å². The number of nitrogens with zero attached hydrogens (tertiary/aromatic N) is 1. The lowest BCUT2D eigenvalue weighted by Gasteiger charge is -2.26. The van der Waals surface area contributed by atoms with Crippen LogP contribution in [-0.4, -0.2) is 11.1 Å². The summed E-state index contributed by atoms with van der Waals surface area (Å²) in [6, 6.07) is 12.0. The Balaban J connectivity index is 2.35. The molecule has 1 aromatic heterocycles. The molecule has 0 radical (unpaired) electrons. The Hall–Kier alpha value is -1.87. The van der Waals surface area contributed by atoms with Crippen LogP contribution in [0.15, 0.2) is 48.8 Å². The molecule has 1 heterocycles. The second-order valence-electron chi connectivity index (χ2n) is 5.14. The molecule has 19 heavy (non-hydrogen) atoms. The van der Waals surface area contributed by atoms with Gasteiger partial charge in [-0.25, -0.2) is 0 Å². The van der Waals surface area contributed by atoms with Gasteiger partial charge in [-0.05, 0) is 38.0 Å². The monoisotopic (exact) mass is 256 g/mol. The number of rotatable bonds is 4. The summed E-state index contributed by atoms with van der Waals surface area (Å²) >= 11 is 0. The molecular formula is C16H20N2O. The zero-order valence-electron chi connectivity index (χ0n) is 11.6. The van der Waals surface area contributed by atoms with Crippen LogP contribution in [-0.2, 0) is 5.54 Å². The number of hydrogen-bond donors (Lipinski definition) is 1.